The number of phenols is 1. The number of aromatic nitrogens is 2. The Morgan fingerprint density at radius 3 is 2.75 bits per heavy atom. The first-order valence-electron chi connectivity index (χ1n) is 6.69. The molecule has 0 amide bonds. The van der Waals surface area contributed by atoms with Crippen LogP contribution in [0.3, 0.4) is 0 Å². The van der Waals surface area contributed by atoms with Crippen LogP contribution in [0.1, 0.15) is 11.4 Å². The lowest BCUT2D eigenvalue weighted by Crippen LogP contribution is -2.05. The highest BCUT2D eigenvalue weighted by Gasteiger charge is 2.03. The summed E-state index contributed by atoms with van der Waals surface area (Å²) in [5.41, 5.74) is 4.13. The SMILES string of the molecule is Cc1ccc(NCCc2nc3ccc(O)cc3[nH]2)cc1. The van der Waals surface area contributed by atoms with Crippen molar-refractivity contribution < 1.29 is 5.11 Å². The van der Waals surface area contributed by atoms with E-state index in [1.165, 1.54) is 5.56 Å². The summed E-state index contributed by atoms with van der Waals surface area (Å²) in [7, 11) is 0. The van der Waals surface area contributed by atoms with Crippen LogP contribution in [0, 0.1) is 6.92 Å². The van der Waals surface area contributed by atoms with Gasteiger partial charge in [0.1, 0.15) is 11.6 Å². The number of hydrogen-bond donors (Lipinski definition) is 3. The Kier molecular flexibility index (Phi) is 3.29. The molecule has 0 spiro atoms. The van der Waals surface area contributed by atoms with Gasteiger partial charge in [-0.25, -0.2) is 4.98 Å². The molecule has 1 heterocycles. The molecule has 0 aliphatic rings. The monoisotopic (exact) mass is 267 g/mol. The molecule has 0 radical (unpaired) electrons. The largest absolute Gasteiger partial charge is 0.508 e. The van der Waals surface area contributed by atoms with Crippen molar-refractivity contribution in [2.24, 2.45) is 0 Å². The Bertz CT molecular complexity index is 716. The number of hydrogen-bond acceptors (Lipinski definition) is 3. The van der Waals surface area contributed by atoms with E-state index < -0.39 is 0 Å². The number of nitrogens with zero attached hydrogens (tertiary/aromatic N) is 1. The third-order valence-electron chi connectivity index (χ3n) is 3.26. The topological polar surface area (TPSA) is 60.9 Å². The Balaban J connectivity index is 1.63. The number of anilines is 1. The van der Waals surface area contributed by atoms with Crippen molar-refractivity contribution in [3.05, 3.63) is 53.9 Å². The Labute approximate surface area is 117 Å². The van der Waals surface area contributed by atoms with E-state index in [1.807, 2.05) is 6.07 Å². The molecule has 3 N–H and O–H groups in total. The highest BCUT2D eigenvalue weighted by Crippen LogP contribution is 2.17. The molecule has 0 saturated carbocycles. The van der Waals surface area contributed by atoms with Crippen molar-refractivity contribution in [1.29, 1.82) is 0 Å². The molecule has 0 unspecified atom stereocenters. The van der Waals surface area contributed by atoms with E-state index in [0.717, 1.165) is 35.5 Å². The van der Waals surface area contributed by atoms with Gasteiger partial charge >= 0.3 is 0 Å². The van der Waals surface area contributed by atoms with Gasteiger partial charge in [-0.3, -0.25) is 0 Å². The average molecular weight is 267 g/mol. The number of H-pyrrole nitrogens is 1. The van der Waals surface area contributed by atoms with E-state index in [2.05, 4.69) is 46.5 Å². The fourth-order valence-electron chi connectivity index (χ4n) is 2.17. The summed E-state index contributed by atoms with van der Waals surface area (Å²) in [6.45, 7) is 2.89. The van der Waals surface area contributed by atoms with E-state index >= 15 is 0 Å². The number of nitrogens with one attached hydrogen (secondary N) is 2. The summed E-state index contributed by atoms with van der Waals surface area (Å²) in [5.74, 6) is 1.18. The molecule has 4 nitrogen and oxygen atoms in total. The second-order valence-electron chi connectivity index (χ2n) is 4.93. The molecule has 4 heteroatoms. The van der Waals surface area contributed by atoms with Gasteiger partial charge < -0.3 is 15.4 Å². The number of rotatable bonds is 4. The Morgan fingerprint density at radius 2 is 1.95 bits per heavy atom. The van der Waals surface area contributed by atoms with Crippen LogP contribution in [0.5, 0.6) is 5.75 Å². The summed E-state index contributed by atoms with van der Waals surface area (Å²) in [6, 6.07) is 13.5. The number of imidazole rings is 1. The molecule has 3 aromatic rings. The number of aromatic amines is 1. The summed E-state index contributed by atoms with van der Waals surface area (Å²) in [4.78, 5) is 7.71. The molecule has 20 heavy (non-hydrogen) atoms. The summed E-state index contributed by atoms with van der Waals surface area (Å²) < 4.78 is 0. The van der Waals surface area contributed by atoms with Crippen LogP contribution in [0.15, 0.2) is 42.5 Å². The van der Waals surface area contributed by atoms with Crippen molar-refractivity contribution in [3.63, 3.8) is 0 Å². The lowest BCUT2D eigenvalue weighted by Gasteiger charge is -2.05. The fourth-order valence-corrected chi connectivity index (χ4v) is 2.17. The van der Waals surface area contributed by atoms with Gasteiger partial charge in [-0.1, -0.05) is 17.7 Å². The van der Waals surface area contributed by atoms with Crippen LogP contribution >= 0.6 is 0 Å². The summed E-state index contributed by atoms with van der Waals surface area (Å²) in [5, 5.41) is 12.8. The highest BCUT2D eigenvalue weighted by molar-refractivity contribution is 5.76. The van der Waals surface area contributed by atoms with Gasteiger partial charge in [0, 0.05) is 24.7 Å². The van der Waals surface area contributed by atoms with E-state index in [0.29, 0.717) is 0 Å². The molecule has 2 aromatic carbocycles. The standard InChI is InChI=1S/C16H17N3O/c1-11-2-4-12(5-3-11)17-9-8-16-18-14-7-6-13(20)10-15(14)19-16/h2-7,10,17,20H,8-9H2,1H3,(H,18,19). The van der Waals surface area contributed by atoms with Gasteiger partial charge in [-0.05, 0) is 31.2 Å². The minimum Gasteiger partial charge on any atom is -0.508 e. The average Bonchev–Trinajstić information content (AvgIpc) is 2.83. The lowest BCUT2D eigenvalue weighted by atomic mass is 10.2. The van der Waals surface area contributed by atoms with Crippen LogP contribution in [-0.4, -0.2) is 21.6 Å². The normalized spacial score (nSPS) is 10.8. The van der Waals surface area contributed by atoms with E-state index in [4.69, 9.17) is 0 Å². The van der Waals surface area contributed by atoms with Crippen LogP contribution in [-0.2, 0) is 6.42 Å². The number of aryl methyl sites for hydroxylation is 1. The third kappa shape index (κ3) is 2.74. The zero-order valence-electron chi connectivity index (χ0n) is 11.4. The minimum atomic E-state index is 0.255. The van der Waals surface area contributed by atoms with Crippen LogP contribution in [0.4, 0.5) is 5.69 Å². The fraction of sp³-hybridized carbons (Fsp3) is 0.188. The number of fused-ring (bicyclic) bond motifs is 1. The minimum absolute atomic E-state index is 0.255. The molecule has 0 aliphatic heterocycles. The summed E-state index contributed by atoms with van der Waals surface area (Å²) in [6.07, 6.45) is 0.809. The number of phenolic OH excluding ortho intramolecular Hbond substituents is 1. The smallest absolute Gasteiger partial charge is 0.117 e. The third-order valence-corrected chi connectivity index (χ3v) is 3.26. The molecule has 0 atom stereocenters. The molecule has 3 rings (SSSR count). The molecular formula is C16H17N3O. The van der Waals surface area contributed by atoms with Crippen molar-refractivity contribution in [1.82, 2.24) is 9.97 Å². The van der Waals surface area contributed by atoms with Gasteiger partial charge in [0.25, 0.3) is 0 Å². The zero-order valence-corrected chi connectivity index (χ0v) is 11.4. The molecule has 0 fully saturated rings. The second-order valence-corrected chi connectivity index (χ2v) is 4.93. The molecule has 1 aromatic heterocycles. The Hall–Kier alpha value is -2.49. The van der Waals surface area contributed by atoms with Crippen molar-refractivity contribution >= 4 is 16.7 Å². The lowest BCUT2D eigenvalue weighted by molar-refractivity contribution is 0.476. The van der Waals surface area contributed by atoms with Crippen LogP contribution in [0.25, 0.3) is 11.0 Å². The van der Waals surface area contributed by atoms with Crippen molar-refractivity contribution in [2.45, 2.75) is 13.3 Å². The maximum atomic E-state index is 9.43. The predicted molar refractivity (Wildman–Crippen MR) is 81.1 cm³/mol. The van der Waals surface area contributed by atoms with Gasteiger partial charge in [0.2, 0.25) is 0 Å². The summed E-state index contributed by atoms with van der Waals surface area (Å²) >= 11 is 0. The number of aromatic hydroxyl groups is 1. The molecular weight excluding hydrogens is 250 g/mol. The maximum Gasteiger partial charge on any atom is 0.117 e. The first kappa shape index (κ1) is 12.5. The first-order chi connectivity index (χ1) is 9.70. The van der Waals surface area contributed by atoms with E-state index in [9.17, 15) is 5.11 Å². The predicted octanol–water partition coefficient (Wildman–Crippen LogP) is 3.23. The zero-order chi connectivity index (χ0) is 13.9. The van der Waals surface area contributed by atoms with Crippen LogP contribution < -0.4 is 5.32 Å². The van der Waals surface area contributed by atoms with Crippen molar-refractivity contribution in [2.75, 3.05) is 11.9 Å². The Morgan fingerprint density at radius 1 is 1.15 bits per heavy atom. The highest BCUT2D eigenvalue weighted by atomic mass is 16.3. The van der Waals surface area contributed by atoms with Gasteiger partial charge in [-0.2, -0.15) is 0 Å². The second kappa shape index (κ2) is 5.25. The van der Waals surface area contributed by atoms with Gasteiger partial charge in [0.05, 0.1) is 11.0 Å². The van der Waals surface area contributed by atoms with Gasteiger partial charge in [-0.15, -0.1) is 0 Å². The maximum absolute atomic E-state index is 9.43. The quantitative estimate of drug-likeness (QED) is 0.680. The molecule has 0 aliphatic carbocycles. The van der Waals surface area contributed by atoms with Gasteiger partial charge in [0.15, 0.2) is 0 Å². The van der Waals surface area contributed by atoms with Crippen molar-refractivity contribution in [3.8, 4) is 5.75 Å². The van der Waals surface area contributed by atoms with E-state index in [1.54, 1.807) is 12.1 Å². The van der Waals surface area contributed by atoms with E-state index in [-0.39, 0.29) is 5.75 Å². The number of benzene rings is 2. The molecule has 0 bridgehead atoms. The van der Waals surface area contributed by atoms with Crippen LogP contribution in [0.2, 0.25) is 0 Å². The first-order valence-corrected chi connectivity index (χ1v) is 6.69. The molecule has 102 valence electrons. The molecule has 0 saturated heterocycles.